The summed E-state index contributed by atoms with van der Waals surface area (Å²) in [7, 11) is -3.80. The molecule has 0 atom stereocenters. The molecule has 114 valence electrons. The van der Waals surface area contributed by atoms with Crippen LogP contribution in [0.4, 0.5) is 0 Å². The van der Waals surface area contributed by atoms with Crippen LogP contribution in [0.1, 0.15) is 36.2 Å². The summed E-state index contributed by atoms with van der Waals surface area (Å²) in [6, 6.07) is 6.02. The number of aromatic carboxylic acids is 1. The number of carboxylic acid groups (broad SMARTS) is 1. The molecule has 0 spiro atoms. The number of nitrogens with zero attached hydrogens (tertiary/aromatic N) is 2. The lowest BCUT2D eigenvalue weighted by Gasteiger charge is -2.21. The normalized spacial score (nSPS) is 11.3. The molecule has 0 aromatic heterocycles. The highest BCUT2D eigenvalue weighted by Crippen LogP contribution is 2.23. The minimum absolute atomic E-state index is 0.00434. The molecule has 0 aliphatic rings. The number of aryl methyl sites for hydroxylation is 1. The van der Waals surface area contributed by atoms with Crippen LogP contribution in [0.15, 0.2) is 23.1 Å². The molecule has 0 aliphatic carbocycles. The van der Waals surface area contributed by atoms with Gasteiger partial charge in [-0.15, -0.1) is 0 Å². The molecule has 0 heterocycles. The van der Waals surface area contributed by atoms with Gasteiger partial charge in [0, 0.05) is 19.5 Å². The quantitative estimate of drug-likeness (QED) is 0.829. The fourth-order valence-electron chi connectivity index (χ4n) is 1.98. The zero-order valence-corrected chi connectivity index (χ0v) is 12.9. The second-order valence-corrected chi connectivity index (χ2v) is 6.29. The molecule has 0 saturated carbocycles. The summed E-state index contributed by atoms with van der Waals surface area (Å²) in [5, 5.41) is 17.6. The van der Waals surface area contributed by atoms with Crippen molar-refractivity contribution in [1.82, 2.24) is 4.31 Å². The van der Waals surface area contributed by atoms with Crippen LogP contribution in [-0.2, 0) is 16.4 Å². The van der Waals surface area contributed by atoms with Crippen LogP contribution < -0.4 is 0 Å². The smallest absolute Gasteiger partial charge is 0.335 e. The van der Waals surface area contributed by atoms with E-state index in [1.165, 1.54) is 22.5 Å². The van der Waals surface area contributed by atoms with E-state index in [-0.39, 0.29) is 30.0 Å². The van der Waals surface area contributed by atoms with Crippen molar-refractivity contribution in [2.45, 2.75) is 31.6 Å². The molecule has 0 aliphatic heterocycles. The van der Waals surface area contributed by atoms with Crippen molar-refractivity contribution >= 4 is 16.0 Å². The van der Waals surface area contributed by atoms with Gasteiger partial charge in [0.05, 0.1) is 16.5 Å². The Morgan fingerprint density at radius 3 is 2.52 bits per heavy atom. The van der Waals surface area contributed by atoms with E-state index in [4.69, 9.17) is 10.4 Å². The Balaban J connectivity index is 3.37. The Morgan fingerprint density at radius 2 is 2.05 bits per heavy atom. The summed E-state index contributed by atoms with van der Waals surface area (Å²) in [6.45, 7) is 3.81. The minimum Gasteiger partial charge on any atom is -0.478 e. The lowest BCUT2D eigenvalue weighted by Crippen LogP contribution is -2.32. The summed E-state index contributed by atoms with van der Waals surface area (Å²) in [4.78, 5) is 11.0. The lowest BCUT2D eigenvalue weighted by atomic mass is 10.1. The molecule has 1 rings (SSSR count). The monoisotopic (exact) mass is 310 g/mol. The first-order valence-electron chi connectivity index (χ1n) is 6.61. The molecule has 1 aromatic rings. The molecule has 0 unspecified atom stereocenters. The third-order valence-corrected chi connectivity index (χ3v) is 5.20. The van der Waals surface area contributed by atoms with E-state index < -0.39 is 16.0 Å². The minimum atomic E-state index is -3.80. The molecule has 0 fully saturated rings. The molecular formula is C14H18N2O4S. The van der Waals surface area contributed by atoms with E-state index in [1.54, 1.807) is 13.8 Å². The van der Waals surface area contributed by atoms with E-state index in [1.807, 2.05) is 6.07 Å². The van der Waals surface area contributed by atoms with E-state index in [0.29, 0.717) is 12.0 Å². The van der Waals surface area contributed by atoms with Crippen molar-refractivity contribution in [2.24, 2.45) is 0 Å². The second-order valence-electron chi connectivity index (χ2n) is 4.39. The summed E-state index contributed by atoms with van der Waals surface area (Å²) in [5.41, 5.74) is 0.498. The zero-order chi connectivity index (χ0) is 16.0. The molecule has 0 saturated heterocycles. The molecule has 1 N–H and O–H groups in total. The average molecular weight is 310 g/mol. The Morgan fingerprint density at radius 1 is 1.38 bits per heavy atom. The molecule has 7 heteroatoms. The van der Waals surface area contributed by atoms with Gasteiger partial charge in [-0.05, 0) is 24.1 Å². The van der Waals surface area contributed by atoms with E-state index in [2.05, 4.69) is 0 Å². The molecule has 0 amide bonds. The van der Waals surface area contributed by atoms with Gasteiger partial charge in [-0.2, -0.15) is 9.57 Å². The Bertz CT molecular complexity index is 662. The van der Waals surface area contributed by atoms with Gasteiger partial charge in [0.1, 0.15) is 0 Å². The van der Waals surface area contributed by atoms with Crippen LogP contribution >= 0.6 is 0 Å². The Hall–Kier alpha value is -1.91. The van der Waals surface area contributed by atoms with Gasteiger partial charge in [-0.25, -0.2) is 13.2 Å². The number of sulfonamides is 1. The van der Waals surface area contributed by atoms with Crippen molar-refractivity contribution in [1.29, 1.82) is 5.26 Å². The molecule has 0 radical (unpaired) electrons. The van der Waals surface area contributed by atoms with Crippen molar-refractivity contribution in [2.75, 3.05) is 13.1 Å². The highest BCUT2D eigenvalue weighted by atomic mass is 32.2. The van der Waals surface area contributed by atoms with Gasteiger partial charge in [0.15, 0.2) is 0 Å². The zero-order valence-electron chi connectivity index (χ0n) is 12.0. The van der Waals surface area contributed by atoms with Crippen molar-refractivity contribution < 1.29 is 18.3 Å². The van der Waals surface area contributed by atoms with Crippen LogP contribution in [0.25, 0.3) is 0 Å². The van der Waals surface area contributed by atoms with Gasteiger partial charge in [0.25, 0.3) is 0 Å². The first-order valence-corrected chi connectivity index (χ1v) is 8.05. The van der Waals surface area contributed by atoms with Crippen molar-refractivity contribution in [3.63, 3.8) is 0 Å². The third-order valence-electron chi connectivity index (χ3n) is 3.14. The SMILES string of the molecule is CCc1ccc(C(=O)O)cc1S(=O)(=O)N(CC)CCC#N. The lowest BCUT2D eigenvalue weighted by molar-refractivity contribution is 0.0696. The Labute approximate surface area is 124 Å². The average Bonchev–Trinajstić information content (AvgIpc) is 2.47. The van der Waals surface area contributed by atoms with Crippen LogP contribution in [0.2, 0.25) is 0 Å². The third kappa shape index (κ3) is 3.80. The van der Waals surface area contributed by atoms with Gasteiger partial charge in [0.2, 0.25) is 10.0 Å². The number of carbonyl (C=O) groups is 1. The predicted octanol–water partition coefficient (Wildman–Crippen LogP) is 1.87. The van der Waals surface area contributed by atoms with E-state index in [0.717, 1.165) is 0 Å². The summed E-state index contributed by atoms with van der Waals surface area (Å²) in [5.74, 6) is -1.17. The molecule has 6 nitrogen and oxygen atoms in total. The molecule has 21 heavy (non-hydrogen) atoms. The largest absolute Gasteiger partial charge is 0.478 e. The first-order chi connectivity index (χ1) is 9.88. The van der Waals surface area contributed by atoms with E-state index >= 15 is 0 Å². The number of hydrogen-bond donors (Lipinski definition) is 1. The maximum absolute atomic E-state index is 12.6. The number of nitriles is 1. The summed E-state index contributed by atoms with van der Waals surface area (Å²) < 4.78 is 26.5. The van der Waals surface area contributed by atoms with Crippen LogP contribution in [-0.4, -0.2) is 36.9 Å². The highest BCUT2D eigenvalue weighted by molar-refractivity contribution is 7.89. The van der Waals surface area contributed by atoms with Gasteiger partial charge in [-0.1, -0.05) is 19.9 Å². The first kappa shape index (κ1) is 17.1. The standard InChI is InChI=1S/C14H18N2O4S/c1-3-11-6-7-12(14(17)18)10-13(11)21(19,20)16(4-2)9-5-8-15/h6-7,10H,3-5,9H2,1-2H3,(H,17,18). The van der Waals surface area contributed by atoms with Crippen LogP contribution in [0, 0.1) is 11.3 Å². The topological polar surface area (TPSA) is 98.5 Å². The van der Waals surface area contributed by atoms with Crippen LogP contribution in [0.3, 0.4) is 0 Å². The maximum atomic E-state index is 12.6. The highest BCUT2D eigenvalue weighted by Gasteiger charge is 2.26. The summed E-state index contributed by atoms with van der Waals surface area (Å²) >= 11 is 0. The molecule has 0 bridgehead atoms. The number of carboxylic acids is 1. The number of hydrogen-bond acceptors (Lipinski definition) is 4. The molecular weight excluding hydrogens is 292 g/mol. The molecule has 1 aromatic carbocycles. The van der Waals surface area contributed by atoms with Gasteiger partial charge < -0.3 is 5.11 Å². The Kier molecular flexibility index (Phi) is 5.88. The maximum Gasteiger partial charge on any atom is 0.335 e. The number of rotatable bonds is 7. The fraction of sp³-hybridized carbons (Fsp3) is 0.429. The fourth-order valence-corrected chi connectivity index (χ4v) is 3.75. The van der Waals surface area contributed by atoms with E-state index in [9.17, 15) is 13.2 Å². The second kappa shape index (κ2) is 7.20. The van der Waals surface area contributed by atoms with Gasteiger partial charge in [-0.3, -0.25) is 0 Å². The van der Waals surface area contributed by atoms with Crippen molar-refractivity contribution in [3.8, 4) is 6.07 Å². The van der Waals surface area contributed by atoms with Gasteiger partial charge >= 0.3 is 5.97 Å². The van der Waals surface area contributed by atoms with Crippen LogP contribution in [0.5, 0.6) is 0 Å². The summed E-state index contributed by atoms with van der Waals surface area (Å²) in [6.07, 6.45) is 0.567. The predicted molar refractivity (Wildman–Crippen MR) is 77.4 cm³/mol. The van der Waals surface area contributed by atoms with Crippen molar-refractivity contribution in [3.05, 3.63) is 29.3 Å². The number of benzene rings is 1.